The van der Waals surface area contributed by atoms with Gasteiger partial charge in [-0.05, 0) is 6.07 Å². The van der Waals surface area contributed by atoms with Crippen molar-refractivity contribution < 1.29 is 0 Å². The Morgan fingerprint density at radius 1 is 1.40 bits per heavy atom. The van der Waals surface area contributed by atoms with Crippen LogP contribution >= 0.6 is 0 Å². The molecule has 0 saturated carbocycles. The Hall–Kier alpha value is -1.75. The molecule has 2 aromatic rings. The van der Waals surface area contributed by atoms with Gasteiger partial charge in [0, 0.05) is 43.7 Å². The van der Waals surface area contributed by atoms with Crippen LogP contribution in [0.1, 0.15) is 11.3 Å². The molecule has 3 rings (SSSR count). The summed E-state index contributed by atoms with van der Waals surface area (Å²) in [7, 11) is 0. The SMILES string of the molecule is c1cnn(-c2ncc3c(n2)CCNC3)c1. The number of hydrogen-bond acceptors (Lipinski definition) is 4. The maximum atomic E-state index is 4.51. The summed E-state index contributed by atoms with van der Waals surface area (Å²) in [4.78, 5) is 8.79. The van der Waals surface area contributed by atoms with Crippen LogP contribution in [0.5, 0.6) is 0 Å². The predicted molar refractivity (Wildman–Crippen MR) is 54.6 cm³/mol. The van der Waals surface area contributed by atoms with Crippen molar-refractivity contribution in [1.29, 1.82) is 0 Å². The van der Waals surface area contributed by atoms with Gasteiger partial charge in [-0.3, -0.25) is 0 Å². The fourth-order valence-corrected chi connectivity index (χ4v) is 1.72. The van der Waals surface area contributed by atoms with Gasteiger partial charge in [-0.2, -0.15) is 5.10 Å². The lowest BCUT2D eigenvalue weighted by Gasteiger charge is -2.15. The van der Waals surface area contributed by atoms with Crippen LogP contribution in [0, 0.1) is 0 Å². The predicted octanol–water partition coefficient (Wildman–Crippen LogP) is 0.308. The van der Waals surface area contributed by atoms with Crippen molar-refractivity contribution >= 4 is 0 Å². The molecule has 0 atom stereocenters. The molecule has 1 aliphatic heterocycles. The summed E-state index contributed by atoms with van der Waals surface area (Å²) in [5.74, 6) is 0.653. The van der Waals surface area contributed by atoms with Gasteiger partial charge in [0.25, 0.3) is 5.95 Å². The first-order valence-corrected chi connectivity index (χ1v) is 4.99. The number of aromatic nitrogens is 4. The summed E-state index contributed by atoms with van der Waals surface area (Å²) in [6.07, 6.45) is 6.42. The fourth-order valence-electron chi connectivity index (χ4n) is 1.72. The van der Waals surface area contributed by atoms with E-state index in [2.05, 4.69) is 20.4 Å². The standard InChI is InChI=1S/C10H11N5/c1-3-13-15(5-1)10-12-7-8-6-11-4-2-9(8)14-10/h1,3,5,7,11H,2,4,6H2. The first-order chi connectivity index (χ1) is 7.43. The maximum Gasteiger partial charge on any atom is 0.250 e. The van der Waals surface area contributed by atoms with Crippen LogP contribution in [-0.4, -0.2) is 26.3 Å². The molecule has 0 spiro atoms. The quantitative estimate of drug-likeness (QED) is 0.721. The summed E-state index contributed by atoms with van der Waals surface area (Å²) >= 11 is 0. The zero-order valence-electron chi connectivity index (χ0n) is 8.22. The average Bonchev–Trinajstić information content (AvgIpc) is 2.82. The van der Waals surface area contributed by atoms with E-state index in [1.54, 1.807) is 10.9 Å². The molecule has 15 heavy (non-hydrogen) atoms. The van der Waals surface area contributed by atoms with Gasteiger partial charge in [0.1, 0.15) is 0 Å². The lowest BCUT2D eigenvalue weighted by molar-refractivity contribution is 0.619. The van der Waals surface area contributed by atoms with Crippen molar-refractivity contribution in [2.24, 2.45) is 0 Å². The van der Waals surface area contributed by atoms with Gasteiger partial charge in [0.05, 0.1) is 5.69 Å². The molecule has 1 aliphatic rings. The Bertz CT molecular complexity index is 463. The Morgan fingerprint density at radius 2 is 2.40 bits per heavy atom. The number of nitrogens with one attached hydrogen (secondary N) is 1. The van der Waals surface area contributed by atoms with Gasteiger partial charge < -0.3 is 5.32 Å². The highest BCUT2D eigenvalue weighted by atomic mass is 15.3. The third-order valence-corrected chi connectivity index (χ3v) is 2.50. The Balaban J connectivity index is 2.04. The number of rotatable bonds is 1. The molecule has 5 nitrogen and oxygen atoms in total. The van der Waals surface area contributed by atoms with Crippen LogP contribution in [0.15, 0.2) is 24.7 Å². The summed E-state index contributed by atoms with van der Waals surface area (Å²) in [6.45, 7) is 1.86. The van der Waals surface area contributed by atoms with E-state index < -0.39 is 0 Å². The first-order valence-electron chi connectivity index (χ1n) is 4.99. The molecule has 0 fully saturated rings. The van der Waals surface area contributed by atoms with Crippen molar-refractivity contribution in [3.8, 4) is 5.95 Å². The summed E-state index contributed by atoms with van der Waals surface area (Å²) in [5.41, 5.74) is 2.33. The largest absolute Gasteiger partial charge is 0.312 e. The minimum Gasteiger partial charge on any atom is -0.312 e. The summed E-state index contributed by atoms with van der Waals surface area (Å²) in [6, 6.07) is 1.87. The molecule has 0 aliphatic carbocycles. The van der Waals surface area contributed by atoms with Gasteiger partial charge in [-0.1, -0.05) is 0 Å². The van der Waals surface area contributed by atoms with Crippen LogP contribution in [0.3, 0.4) is 0 Å². The van der Waals surface area contributed by atoms with Gasteiger partial charge in [0.2, 0.25) is 0 Å². The van der Waals surface area contributed by atoms with Crippen molar-refractivity contribution in [3.63, 3.8) is 0 Å². The highest BCUT2D eigenvalue weighted by molar-refractivity contribution is 5.24. The first kappa shape index (κ1) is 8.55. The molecule has 0 unspecified atom stereocenters. The monoisotopic (exact) mass is 201 g/mol. The van der Waals surface area contributed by atoms with Crippen molar-refractivity contribution in [1.82, 2.24) is 25.1 Å². The van der Waals surface area contributed by atoms with E-state index in [1.165, 1.54) is 5.56 Å². The van der Waals surface area contributed by atoms with Crippen LogP contribution in [-0.2, 0) is 13.0 Å². The second-order valence-electron chi connectivity index (χ2n) is 3.52. The Kier molecular flexibility index (Phi) is 1.96. The number of fused-ring (bicyclic) bond motifs is 1. The molecule has 0 saturated heterocycles. The van der Waals surface area contributed by atoms with E-state index >= 15 is 0 Å². The maximum absolute atomic E-state index is 4.51. The van der Waals surface area contributed by atoms with Crippen LogP contribution in [0.2, 0.25) is 0 Å². The van der Waals surface area contributed by atoms with Crippen molar-refractivity contribution in [3.05, 3.63) is 35.9 Å². The Labute approximate surface area is 87.2 Å². The van der Waals surface area contributed by atoms with Gasteiger partial charge in [-0.15, -0.1) is 0 Å². The van der Waals surface area contributed by atoms with E-state index in [9.17, 15) is 0 Å². The third-order valence-electron chi connectivity index (χ3n) is 2.50. The molecule has 0 amide bonds. The number of nitrogens with zero attached hydrogens (tertiary/aromatic N) is 4. The topological polar surface area (TPSA) is 55.6 Å². The molecule has 76 valence electrons. The average molecular weight is 201 g/mol. The molecular weight excluding hydrogens is 190 g/mol. The van der Waals surface area contributed by atoms with Crippen LogP contribution in [0.25, 0.3) is 5.95 Å². The van der Waals surface area contributed by atoms with Crippen LogP contribution in [0.4, 0.5) is 0 Å². The Morgan fingerprint density at radius 3 is 3.27 bits per heavy atom. The number of hydrogen-bond donors (Lipinski definition) is 1. The molecular formula is C10H11N5. The molecule has 0 aromatic carbocycles. The van der Waals surface area contributed by atoms with E-state index in [4.69, 9.17) is 0 Å². The highest BCUT2D eigenvalue weighted by Crippen LogP contribution is 2.11. The van der Waals surface area contributed by atoms with E-state index in [0.717, 1.165) is 25.2 Å². The second kappa shape index (κ2) is 3.43. The van der Waals surface area contributed by atoms with Crippen LogP contribution < -0.4 is 5.32 Å². The lowest BCUT2D eigenvalue weighted by Crippen LogP contribution is -2.25. The van der Waals surface area contributed by atoms with Gasteiger partial charge >= 0.3 is 0 Å². The fraction of sp³-hybridized carbons (Fsp3) is 0.300. The second-order valence-corrected chi connectivity index (χ2v) is 3.52. The zero-order chi connectivity index (χ0) is 10.1. The third kappa shape index (κ3) is 1.50. The smallest absolute Gasteiger partial charge is 0.250 e. The van der Waals surface area contributed by atoms with Gasteiger partial charge in [0.15, 0.2) is 0 Å². The minimum absolute atomic E-state index is 0.653. The molecule has 2 aromatic heterocycles. The highest BCUT2D eigenvalue weighted by Gasteiger charge is 2.11. The van der Waals surface area contributed by atoms with Crippen molar-refractivity contribution in [2.75, 3.05) is 6.54 Å². The van der Waals surface area contributed by atoms with Gasteiger partial charge in [-0.25, -0.2) is 14.6 Å². The van der Waals surface area contributed by atoms with E-state index in [1.807, 2.05) is 18.5 Å². The summed E-state index contributed by atoms with van der Waals surface area (Å²) in [5, 5.41) is 7.40. The van der Waals surface area contributed by atoms with Crippen molar-refractivity contribution in [2.45, 2.75) is 13.0 Å². The van der Waals surface area contributed by atoms with E-state index in [-0.39, 0.29) is 0 Å². The zero-order valence-corrected chi connectivity index (χ0v) is 8.22. The molecule has 0 bridgehead atoms. The normalized spacial score (nSPS) is 14.9. The molecule has 0 radical (unpaired) electrons. The minimum atomic E-state index is 0.653. The summed E-state index contributed by atoms with van der Waals surface area (Å²) < 4.78 is 1.68. The lowest BCUT2D eigenvalue weighted by atomic mass is 10.1. The molecule has 3 heterocycles. The van der Waals surface area contributed by atoms with E-state index in [0.29, 0.717) is 5.95 Å². The molecule has 5 heteroatoms. The molecule has 1 N–H and O–H groups in total.